The number of hydrogen-bond acceptors (Lipinski definition) is 3. The monoisotopic (exact) mass is 249 g/mol. The Balaban J connectivity index is 2.82. The Hall–Kier alpha value is -2.04. The van der Waals surface area contributed by atoms with Crippen LogP contribution >= 0.6 is 0 Å². The van der Waals surface area contributed by atoms with Crippen molar-refractivity contribution in [1.82, 2.24) is 4.90 Å². The Kier molecular flexibility index (Phi) is 5.17. The van der Waals surface area contributed by atoms with Crippen LogP contribution in [0.2, 0.25) is 0 Å². The number of rotatable bonds is 4. The molecule has 0 spiro atoms. The molecule has 0 fully saturated rings. The third kappa shape index (κ3) is 3.48. The van der Waals surface area contributed by atoms with Crippen molar-refractivity contribution in [1.29, 1.82) is 0 Å². The van der Waals surface area contributed by atoms with Gasteiger partial charge in [0.2, 0.25) is 0 Å². The van der Waals surface area contributed by atoms with Gasteiger partial charge in [-0.3, -0.25) is 0 Å². The van der Waals surface area contributed by atoms with Gasteiger partial charge >= 0.3 is 6.03 Å². The number of urea groups is 1. The molecule has 0 saturated carbocycles. The zero-order valence-corrected chi connectivity index (χ0v) is 11.0. The lowest BCUT2D eigenvalue weighted by Crippen LogP contribution is -2.34. The van der Waals surface area contributed by atoms with E-state index in [4.69, 9.17) is 5.21 Å². The Morgan fingerprint density at radius 2 is 2.06 bits per heavy atom. The lowest BCUT2D eigenvalue weighted by Gasteiger charge is -2.19. The molecular weight excluding hydrogens is 230 g/mol. The van der Waals surface area contributed by atoms with Crippen molar-refractivity contribution >= 4 is 17.4 Å². The van der Waals surface area contributed by atoms with Gasteiger partial charge in [-0.25, -0.2) is 4.79 Å². The first-order valence-electron chi connectivity index (χ1n) is 5.97. The van der Waals surface area contributed by atoms with E-state index < -0.39 is 0 Å². The molecule has 2 amide bonds. The highest BCUT2D eigenvalue weighted by atomic mass is 16.4. The second kappa shape index (κ2) is 6.64. The van der Waals surface area contributed by atoms with Crippen molar-refractivity contribution in [2.45, 2.75) is 20.8 Å². The molecule has 1 rings (SSSR count). The van der Waals surface area contributed by atoms with Crippen LogP contribution in [0.15, 0.2) is 29.4 Å². The smallest absolute Gasteiger partial charge is 0.321 e. The molecule has 1 aromatic rings. The molecule has 5 heteroatoms. The van der Waals surface area contributed by atoms with Crippen molar-refractivity contribution < 1.29 is 10.0 Å². The molecule has 18 heavy (non-hydrogen) atoms. The number of carbonyl (C=O) groups excluding carboxylic acids is 1. The first-order chi connectivity index (χ1) is 8.62. The number of nitrogens with zero attached hydrogens (tertiary/aromatic N) is 2. The Morgan fingerprint density at radius 3 is 2.61 bits per heavy atom. The maximum Gasteiger partial charge on any atom is 0.321 e. The van der Waals surface area contributed by atoms with Crippen LogP contribution in [0.25, 0.3) is 0 Å². The summed E-state index contributed by atoms with van der Waals surface area (Å²) in [6.45, 7) is 6.90. The zero-order valence-electron chi connectivity index (χ0n) is 11.0. The second-order valence-electron chi connectivity index (χ2n) is 3.87. The summed E-state index contributed by atoms with van der Waals surface area (Å²) < 4.78 is 0. The summed E-state index contributed by atoms with van der Waals surface area (Å²) in [7, 11) is 0. The van der Waals surface area contributed by atoms with Crippen LogP contribution in [-0.4, -0.2) is 34.9 Å². The normalized spacial score (nSPS) is 11.2. The summed E-state index contributed by atoms with van der Waals surface area (Å²) in [5.41, 5.74) is 1.97. The molecule has 0 aromatic heterocycles. The van der Waals surface area contributed by atoms with E-state index in [0.717, 1.165) is 5.56 Å². The van der Waals surface area contributed by atoms with Gasteiger partial charge in [-0.15, -0.1) is 0 Å². The number of amides is 2. The lowest BCUT2D eigenvalue weighted by atomic mass is 10.1. The molecule has 0 aliphatic heterocycles. The molecule has 0 aliphatic rings. The number of benzene rings is 1. The van der Waals surface area contributed by atoms with Crippen molar-refractivity contribution in [3.05, 3.63) is 29.8 Å². The van der Waals surface area contributed by atoms with Gasteiger partial charge in [-0.1, -0.05) is 17.3 Å². The Morgan fingerprint density at radius 1 is 1.39 bits per heavy atom. The molecule has 2 N–H and O–H groups in total. The minimum atomic E-state index is -0.129. The van der Waals surface area contributed by atoms with Gasteiger partial charge in [-0.05, 0) is 32.9 Å². The van der Waals surface area contributed by atoms with Crippen LogP contribution in [0.4, 0.5) is 10.5 Å². The molecule has 0 bridgehead atoms. The van der Waals surface area contributed by atoms with Crippen LogP contribution in [0.5, 0.6) is 0 Å². The zero-order chi connectivity index (χ0) is 13.5. The molecule has 0 aliphatic carbocycles. The van der Waals surface area contributed by atoms with E-state index >= 15 is 0 Å². The molecule has 0 saturated heterocycles. The molecule has 98 valence electrons. The van der Waals surface area contributed by atoms with E-state index in [1.54, 1.807) is 24.0 Å². The van der Waals surface area contributed by atoms with Crippen molar-refractivity contribution in [2.24, 2.45) is 5.16 Å². The number of hydrogen-bond donors (Lipinski definition) is 2. The maximum atomic E-state index is 11.9. The standard InChI is InChI=1S/C13H19N3O2/c1-4-16(5-2)13(17)14-12-8-6-7-11(9-12)10(3)15-18/h6-9,18H,4-5H2,1-3H3,(H,14,17). The highest BCUT2D eigenvalue weighted by Crippen LogP contribution is 2.12. The predicted molar refractivity (Wildman–Crippen MR) is 72.4 cm³/mol. The largest absolute Gasteiger partial charge is 0.411 e. The predicted octanol–water partition coefficient (Wildman–Crippen LogP) is 2.76. The van der Waals surface area contributed by atoms with E-state index in [1.807, 2.05) is 26.0 Å². The summed E-state index contributed by atoms with van der Waals surface area (Å²) in [6, 6.07) is 7.08. The topological polar surface area (TPSA) is 64.9 Å². The molecular formula is C13H19N3O2. The molecule has 0 radical (unpaired) electrons. The fourth-order valence-corrected chi connectivity index (χ4v) is 1.59. The third-order valence-electron chi connectivity index (χ3n) is 2.73. The summed E-state index contributed by atoms with van der Waals surface area (Å²) in [6.07, 6.45) is 0. The molecule has 1 aromatic carbocycles. The molecule has 0 atom stereocenters. The van der Waals surface area contributed by atoms with Gasteiger partial charge in [0.05, 0.1) is 5.71 Å². The summed E-state index contributed by atoms with van der Waals surface area (Å²) in [5, 5.41) is 14.7. The maximum absolute atomic E-state index is 11.9. The summed E-state index contributed by atoms with van der Waals surface area (Å²) in [5.74, 6) is 0. The number of anilines is 1. The summed E-state index contributed by atoms with van der Waals surface area (Å²) >= 11 is 0. The van der Waals surface area contributed by atoms with Gasteiger partial charge in [0.15, 0.2) is 0 Å². The molecule has 0 heterocycles. The van der Waals surface area contributed by atoms with Gasteiger partial charge < -0.3 is 15.4 Å². The van der Waals surface area contributed by atoms with E-state index in [9.17, 15) is 4.79 Å². The fraction of sp³-hybridized carbons (Fsp3) is 0.385. The minimum Gasteiger partial charge on any atom is -0.411 e. The van der Waals surface area contributed by atoms with Crippen LogP contribution in [0.1, 0.15) is 26.3 Å². The van der Waals surface area contributed by atoms with Crippen LogP contribution in [0.3, 0.4) is 0 Å². The quantitative estimate of drug-likeness (QED) is 0.489. The fourth-order valence-electron chi connectivity index (χ4n) is 1.59. The summed E-state index contributed by atoms with van der Waals surface area (Å²) in [4.78, 5) is 13.6. The van der Waals surface area contributed by atoms with Crippen molar-refractivity contribution in [2.75, 3.05) is 18.4 Å². The van der Waals surface area contributed by atoms with Crippen molar-refractivity contribution in [3.63, 3.8) is 0 Å². The Labute approximate surface area is 107 Å². The Bertz CT molecular complexity index is 440. The number of carbonyl (C=O) groups is 1. The van der Waals surface area contributed by atoms with Crippen LogP contribution in [0, 0.1) is 0 Å². The first kappa shape index (κ1) is 14.0. The number of oxime groups is 1. The first-order valence-corrected chi connectivity index (χ1v) is 5.97. The van der Waals surface area contributed by atoms with E-state index in [1.165, 1.54) is 0 Å². The van der Waals surface area contributed by atoms with Crippen molar-refractivity contribution in [3.8, 4) is 0 Å². The third-order valence-corrected chi connectivity index (χ3v) is 2.73. The average Bonchev–Trinajstić information content (AvgIpc) is 2.39. The van der Waals surface area contributed by atoms with Crippen LogP contribution < -0.4 is 5.32 Å². The molecule has 0 unspecified atom stereocenters. The van der Waals surface area contributed by atoms with Gasteiger partial charge in [0.1, 0.15) is 0 Å². The molecule has 5 nitrogen and oxygen atoms in total. The average molecular weight is 249 g/mol. The van der Waals surface area contributed by atoms with Crippen LogP contribution in [-0.2, 0) is 0 Å². The highest BCUT2D eigenvalue weighted by molar-refractivity contribution is 6.00. The second-order valence-corrected chi connectivity index (χ2v) is 3.87. The highest BCUT2D eigenvalue weighted by Gasteiger charge is 2.09. The lowest BCUT2D eigenvalue weighted by molar-refractivity contribution is 0.217. The van der Waals surface area contributed by atoms with Gasteiger partial charge in [0.25, 0.3) is 0 Å². The van der Waals surface area contributed by atoms with E-state index in [2.05, 4.69) is 10.5 Å². The number of nitrogens with one attached hydrogen (secondary N) is 1. The van der Waals surface area contributed by atoms with E-state index in [-0.39, 0.29) is 6.03 Å². The van der Waals surface area contributed by atoms with E-state index in [0.29, 0.717) is 24.5 Å². The minimum absolute atomic E-state index is 0.129. The SMILES string of the molecule is CCN(CC)C(=O)Nc1cccc(C(C)=NO)c1. The van der Waals surface area contributed by atoms with Gasteiger partial charge in [0, 0.05) is 24.3 Å². The van der Waals surface area contributed by atoms with Gasteiger partial charge in [-0.2, -0.15) is 0 Å².